The van der Waals surface area contributed by atoms with Gasteiger partial charge in [0.15, 0.2) is 0 Å². The molecule has 0 spiro atoms. The van der Waals surface area contributed by atoms with E-state index >= 15 is 0 Å². The van der Waals surface area contributed by atoms with Crippen LogP contribution in [0.5, 0.6) is 0 Å². The molecule has 0 fully saturated rings. The standard InChI is InChI=1S/2C12H25N3.2C8H20O4P.2Ni/c2*1-11-10-12(2,3)15-9-5-7-13-6-4-8-14-11;2*1-3-5-7-11-13(9,10)12-8-6-4-2;;/h2*13,15H,4-10H2,1-3H3;2*9-10H,3-8H2,1-2H3;;/q;;2*+1;2*+3. The van der Waals surface area contributed by atoms with Gasteiger partial charge >= 0.3 is 49.3 Å². The Morgan fingerprint density at radius 2 is 0.776 bits per heavy atom. The van der Waals surface area contributed by atoms with E-state index in [9.17, 15) is 19.6 Å². The van der Waals surface area contributed by atoms with E-state index in [1.54, 1.807) is 0 Å². The summed E-state index contributed by atoms with van der Waals surface area (Å²) in [6.45, 7) is 31.3. The molecule has 0 aliphatic carbocycles. The molecule has 0 unspecified atom stereocenters. The van der Waals surface area contributed by atoms with Crippen molar-refractivity contribution in [2.75, 3.05) is 78.8 Å². The summed E-state index contributed by atoms with van der Waals surface area (Å²) in [5, 5.41) is 14.0. The number of unbranched alkanes of at least 4 members (excludes halogenated alkanes) is 4. The van der Waals surface area contributed by atoms with Gasteiger partial charge in [-0.05, 0) is 132 Å². The number of hydrogen-bond acceptors (Lipinski definition) is 14. The Kier molecular flexibility index (Phi) is 47.0. The molecule has 2 aliphatic rings. The molecule has 2 heterocycles. The molecule has 0 amide bonds. The van der Waals surface area contributed by atoms with Crippen molar-refractivity contribution in [1.29, 1.82) is 0 Å². The van der Waals surface area contributed by atoms with Gasteiger partial charge in [-0.3, -0.25) is 9.98 Å². The minimum atomic E-state index is -3.50. The third kappa shape index (κ3) is 47.8. The number of nitrogens with zero attached hydrogens (tertiary/aromatic N) is 2. The monoisotopic (exact) mass is 960 g/mol. The molecule has 58 heavy (non-hydrogen) atoms. The summed E-state index contributed by atoms with van der Waals surface area (Å²) >= 11 is 0. The third-order valence-corrected chi connectivity index (χ3v) is 10.6. The first-order valence-corrected chi connectivity index (χ1v) is 24.7. The predicted octanol–water partition coefficient (Wildman–Crippen LogP) is 7.74. The number of hydrogen-bond donors (Lipinski definition) is 8. The summed E-state index contributed by atoms with van der Waals surface area (Å²) in [7, 11) is -7.00. The largest absolute Gasteiger partial charge is 3.00 e. The SMILES string of the molecule is CC1=NCCCNCCCNC(C)(C)C1.CC1=NCCCNCCCNC(C)(C)C1.CCCCO[P+](O)(O)OCCCC.CCCCO[P+](O)(O)OCCCC.[Ni+3].[Ni+3]. The van der Waals surface area contributed by atoms with Gasteiger partial charge in [-0.25, -0.2) is 0 Å². The van der Waals surface area contributed by atoms with Crippen LogP contribution in [0.4, 0.5) is 0 Å². The maximum Gasteiger partial charge on any atom is 3.00 e. The number of nitrogens with one attached hydrogen (secondary N) is 4. The van der Waals surface area contributed by atoms with Gasteiger partial charge in [0.2, 0.25) is 0 Å². The van der Waals surface area contributed by atoms with Crippen molar-refractivity contribution in [2.24, 2.45) is 9.98 Å². The zero-order chi connectivity index (χ0) is 42.6. The molecule has 0 saturated heterocycles. The topological polar surface area (TPSA) is 191 Å². The fourth-order valence-corrected chi connectivity index (χ4v) is 7.00. The van der Waals surface area contributed by atoms with Crippen molar-refractivity contribution in [3.8, 4) is 0 Å². The molecule has 14 nitrogen and oxygen atoms in total. The Hall–Kier alpha value is 0.707. The first-order valence-electron chi connectivity index (χ1n) is 21.6. The molecule has 0 bridgehead atoms. The van der Waals surface area contributed by atoms with E-state index in [0.29, 0.717) is 26.4 Å². The van der Waals surface area contributed by atoms with E-state index in [1.165, 1.54) is 24.3 Å². The van der Waals surface area contributed by atoms with E-state index < -0.39 is 16.3 Å². The van der Waals surface area contributed by atoms with Crippen LogP contribution >= 0.6 is 16.3 Å². The van der Waals surface area contributed by atoms with Crippen LogP contribution in [0.25, 0.3) is 0 Å². The second-order valence-electron chi connectivity index (χ2n) is 15.9. The minimum absolute atomic E-state index is 0. The summed E-state index contributed by atoms with van der Waals surface area (Å²) in [5.74, 6) is 0. The van der Waals surface area contributed by atoms with Crippen molar-refractivity contribution in [2.45, 2.75) is 170 Å². The second-order valence-corrected chi connectivity index (χ2v) is 18.8. The van der Waals surface area contributed by atoms with Gasteiger partial charge in [-0.15, -0.1) is 0 Å². The van der Waals surface area contributed by atoms with Crippen molar-refractivity contribution in [3.63, 3.8) is 0 Å². The van der Waals surface area contributed by atoms with E-state index in [4.69, 9.17) is 18.1 Å². The van der Waals surface area contributed by atoms with E-state index in [1.807, 2.05) is 27.7 Å². The van der Waals surface area contributed by atoms with Gasteiger partial charge in [0, 0.05) is 48.4 Å². The quantitative estimate of drug-likeness (QED) is 0.0428. The molecule has 2 aliphatic heterocycles. The normalized spacial score (nSPS) is 18.2. The molecule has 350 valence electrons. The van der Waals surface area contributed by atoms with Gasteiger partial charge in [0.25, 0.3) is 0 Å². The molecule has 0 aromatic rings. The van der Waals surface area contributed by atoms with Crippen LogP contribution in [0.15, 0.2) is 9.98 Å². The Morgan fingerprint density at radius 1 is 0.500 bits per heavy atom. The van der Waals surface area contributed by atoms with Crippen molar-refractivity contribution < 1.29 is 70.7 Å². The molecular formula is C40H90N6Ni2O8P2+8. The summed E-state index contributed by atoms with van der Waals surface area (Å²) in [6, 6.07) is 0. The average Bonchev–Trinajstić information content (AvgIpc) is 3.10. The van der Waals surface area contributed by atoms with Crippen LogP contribution in [0.3, 0.4) is 0 Å². The van der Waals surface area contributed by atoms with Gasteiger partial charge < -0.3 is 21.3 Å². The average molecular weight is 963 g/mol. The summed E-state index contributed by atoms with van der Waals surface area (Å²) < 4.78 is 19.3. The van der Waals surface area contributed by atoms with Crippen molar-refractivity contribution >= 4 is 27.8 Å². The Balaban J connectivity index is -0.000000332. The van der Waals surface area contributed by atoms with Crippen LogP contribution in [-0.4, -0.2) is 121 Å². The number of rotatable bonds is 16. The van der Waals surface area contributed by atoms with Crippen LogP contribution in [0.1, 0.15) is 159 Å². The summed E-state index contributed by atoms with van der Waals surface area (Å²) in [6.07, 6.45) is 14.0. The van der Waals surface area contributed by atoms with E-state index in [-0.39, 0.29) is 44.1 Å². The van der Waals surface area contributed by atoms with Gasteiger partial charge in [-0.2, -0.15) is 37.7 Å². The van der Waals surface area contributed by atoms with Gasteiger partial charge in [-0.1, -0.05) is 53.4 Å². The fourth-order valence-electron chi connectivity index (χ4n) is 5.38. The summed E-state index contributed by atoms with van der Waals surface area (Å²) in [4.78, 5) is 45.9. The van der Waals surface area contributed by atoms with Crippen molar-refractivity contribution in [1.82, 2.24) is 21.3 Å². The second kappa shape index (κ2) is 41.7. The van der Waals surface area contributed by atoms with Gasteiger partial charge in [0.05, 0.1) is 0 Å². The number of aliphatic imine (C=N–C) groups is 2. The Labute approximate surface area is 377 Å². The predicted molar refractivity (Wildman–Crippen MR) is 240 cm³/mol. The molecule has 2 rings (SSSR count). The van der Waals surface area contributed by atoms with Crippen LogP contribution < -0.4 is 21.3 Å². The zero-order valence-electron chi connectivity index (χ0n) is 38.2. The molecule has 0 saturated carbocycles. The smallest absolute Gasteiger partial charge is 0.317 e. The van der Waals surface area contributed by atoms with Crippen molar-refractivity contribution in [3.05, 3.63) is 0 Å². The Morgan fingerprint density at radius 3 is 1.05 bits per heavy atom. The molecule has 0 aromatic heterocycles. The zero-order valence-corrected chi connectivity index (χ0v) is 42.0. The first-order chi connectivity index (χ1) is 26.4. The van der Waals surface area contributed by atoms with E-state index in [0.717, 1.165) is 129 Å². The fraction of sp³-hybridized carbons (Fsp3) is 0.950. The first kappa shape index (κ1) is 65.3. The third-order valence-electron chi connectivity index (χ3n) is 8.48. The van der Waals surface area contributed by atoms with Gasteiger partial charge in [0.1, 0.15) is 26.4 Å². The molecule has 18 heteroatoms. The van der Waals surface area contributed by atoms with Crippen LogP contribution in [0.2, 0.25) is 0 Å². The molecule has 0 atom stereocenters. The Bertz CT molecular complexity index is 876. The molecular weight excluding hydrogens is 872 g/mol. The van der Waals surface area contributed by atoms with Crippen LogP contribution in [-0.2, 0) is 51.1 Å². The molecule has 8 N–H and O–H groups in total. The van der Waals surface area contributed by atoms with Crippen LogP contribution in [0, 0.1) is 0 Å². The minimum Gasteiger partial charge on any atom is -0.317 e. The molecule has 0 aromatic carbocycles. The van der Waals surface area contributed by atoms with E-state index in [2.05, 4.69) is 72.8 Å². The summed E-state index contributed by atoms with van der Waals surface area (Å²) in [5.41, 5.74) is 2.92. The maximum atomic E-state index is 9.19. The molecule has 2 radical (unpaired) electrons. The maximum absolute atomic E-state index is 9.19.